The maximum absolute atomic E-state index is 13.1. The van der Waals surface area contributed by atoms with Gasteiger partial charge in [0.1, 0.15) is 5.75 Å². The van der Waals surface area contributed by atoms with Crippen molar-refractivity contribution in [1.29, 1.82) is 0 Å². The minimum atomic E-state index is -3.69. The largest absolute Gasteiger partial charge is 0.497 e. The Hall–Kier alpha value is -2.78. The standard InChI is InChI=1S/C24H28N2O6S/c1-30-19-7-9-20(10-8-19)33(28,29)26-14-4-5-17(16-26)23(27)25-18-6-11-21-22(15-18)32-24(31-21)12-2-3-13-24/h6-11,15,17H,2-5,12-14,16H2,1H3,(H,25,27). The van der Waals surface area contributed by atoms with Gasteiger partial charge in [-0.05, 0) is 62.1 Å². The van der Waals surface area contributed by atoms with E-state index in [0.717, 1.165) is 25.7 Å². The summed E-state index contributed by atoms with van der Waals surface area (Å²) in [6.07, 6.45) is 5.14. The lowest BCUT2D eigenvalue weighted by Crippen LogP contribution is -2.43. The first-order valence-electron chi connectivity index (χ1n) is 11.4. The fourth-order valence-corrected chi connectivity index (χ4v) is 6.33. The van der Waals surface area contributed by atoms with Crippen LogP contribution in [0, 0.1) is 5.92 Å². The molecule has 1 N–H and O–H groups in total. The SMILES string of the molecule is COc1ccc(S(=O)(=O)N2CCCC(C(=O)Nc3ccc4c(c3)OC3(CCCC3)O4)C2)cc1. The van der Waals surface area contributed by atoms with E-state index < -0.39 is 21.7 Å². The van der Waals surface area contributed by atoms with E-state index in [2.05, 4.69) is 5.32 Å². The number of anilines is 1. The third-order valence-corrected chi connectivity index (χ3v) is 8.50. The highest BCUT2D eigenvalue weighted by atomic mass is 32.2. The second kappa shape index (κ2) is 8.53. The zero-order valence-corrected chi connectivity index (χ0v) is 19.4. The van der Waals surface area contributed by atoms with Crippen LogP contribution in [0.3, 0.4) is 0 Å². The van der Waals surface area contributed by atoms with Crippen LogP contribution in [0.5, 0.6) is 17.2 Å². The summed E-state index contributed by atoms with van der Waals surface area (Å²) in [5.41, 5.74) is 0.618. The Kier molecular flexibility index (Phi) is 5.70. The predicted octanol–water partition coefficient (Wildman–Crippen LogP) is 3.78. The number of hydrogen-bond donors (Lipinski definition) is 1. The van der Waals surface area contributed by atoms with E-state index in [9.17, 15) is 13.2 Å². The molecule has 1 saturated heterocycles. The van der Waals surface area contributed by atoms with E-state index in [0.29, 0.717) is 42.3 Å². The molecular weight excluding hydrogens is 444 g/mol. The molecule has 176 valence electrons. The number of benzene rings is 2. The van der Waals surface area contributed by atoms with Crippen LogP contribution < -0.4 is 19.5 Å². The summed E-state index contributed by atoms with van der Waals surface area (Å²) in [5.74, 6) is 0.751. The number of sulfonamides is 1. The first kappa shape index (κ1) is 22.0. The molecule has 1 spiro atoms. The highest BCUT2D eigenvalue weighted by molar-refractivity contribution is 7.89. The number of nitrogens with zero attached hydrogens (tertiary/aromatic N) is 1. The molecule has 1 amide bonds. The van der Waals surface area contributed by atoms with Gasteiger partial charge in [-0.2, -0.15) is 4.31 Å². The number of amides is 1. The van der Waals surface area contributed by atoms with Crippen LogP contribution in [0.2, 0.25) is 0 Å². The lowest BCUT2D eigenvalue weighted by molar-refractivity contribution is -0.120. The minimum Gasteiger partial charge on any atom is -0.497 e. The van der Waals surface area contributed by atoms with Crippen molar-refractivity contribution < 1.29 is 27.4 Å². The van der Waals surface area contributed by atoms with Crippen molar-refractivity contribution in [2.75, 3.05) is 25.5 Å². The molecule has 2 aromatic carbocycles. The van der Waals surface area contributed by atoms with Gasteiger partial charge < -0.3 is 19.5 Å². The number of fused-ring (bicyclic) bond motifs is 1. The van der Waals surface area contributed by atoms with Crippen LogP contribution in [0.15, 0.2) is 47.4 Å². The number of ether oxygens (including phenoxy) is 3. The number of carbonyl (C=O) groups excluding carboxylic acids is 1. The van der Waals surface area contributed by atoms with Crippen LogP contribution in [0.1, 0.15) is 38.5 Å². The number of nitrogens with one attached hydrogen (secondary N) is 1. The first-order chi connectivity index (χ1) is 15.9. The topological polar surface area (TPSA) is 94.2 Å². The molecule has 1 unspecified atom stereocenters. The van der Waals surface area contributed by atoms with Crippen LogP contribution in [-0.4, -0.2) is 44.6 Å². The molecule has 0 bridgehead atoms. The molecule has 1 saturated carbocycles. The molecule has 3 aliphatic rings. The van der Waals surface area contributed by atoms with Gasteiger partial charge in [0.2, 0.25) is 15.9 Å². The Morgan fingerprint density at radius 1 is 1.06 bits per heavy atom. The molecule has 2 aromatic rings. The second-order valence-electron chi connectivity index (χ2n) is 8.85. The summed E-state index contributed by atoms with van der Waals surface area (Å²) in [6, 6.07) is 11.7. The number of piperidine rings is 1. The van der Waals surface area contributed by atoms with Gasteiger partial charge in [-0.1, -0.05) is 0 Å². The van der Waals surface area contributed by atoms with Crippen molar-refractivity contribution in [1.82, 2.24) is 4.31 Å². The van der Waals surface area contributed by atoms with Crippen molar-refractivity contribution in [3.05, 3.63) is 42.5 Å². The quantitative estimate of drug-likeness (QED) is 0.712. The van der Waals surface area contributed by atoms with Crippen LogP contribution in [0.4, 0.5) is 5.69 Å². The van der Waals surface area contributed by atoms with Gasteiger partial charge in [0.15, 0.2) is 11.5 Å². The Morgan fingerprint density at radius 2 is 1.79 bits per heavy atom. The fraction of sp³-hybridized carbons (Fsp3) is 0.458. The smallest absolute Gasteiger partial charge is 0.251 e. The molecule has 33 heavy (non-hydrogen) atoms. The summed E-state index contributed by atoms with van der Waals surface area (Å²) in [5, 5.41) is 2.93. The van der Waals surface area contributed by atoms with Crippen molar-refractivity contribution in [2.24, 2.45) is 5.92 Å². The van der Waals surface area contributed by atoms with E-state index in [-0.39, 0.29) is 17.3 Å². The minimum absolute atomic E-state index is 0.147. The average molecular weight is 473 g/mol. The van der Waals surface area contributed by atoms with Gasteiger partial charge in [0.25, 0.3) is 5.79 Å². The van der Waals surface area contributed by atoms with Crippen molar-refractivity contribution in [3.63, 3.8) is 0 Å². The molecule has 2 fully saturated rings. The molecule has 2 aliphatic heterocycles. The molecule has 1 atom stereocenters. The van der Waals surface area contributed by atoms with E-state index in [1.54, 1.807) is 24.3 Å². The van der Waals surface area contributed by atoms with E-state index in [1.165, 1.54) is 23.5 Å². The van der Waals surface area contributed by atoms with Crippen LogP contribution in [0.25, 0.3) is 0 Å². The number of rotatable bonds is 5. The van der Waals surface area contributed by atoms with Crippen molar-refractivity contribution in [2.45, 2.75) is 49.2 Å². The zero-order chi connectivity index (χ0) is 23.1. The zero-order valence-electron chi connectivity index (χ0n) is 18.6. The Bertz CT molecular complexity index is 1140. The molecule has 1 aliphatic carbocycles. The van der Waals surface area contributed by atoms with Gasteiger partial charge in [0, 0.05) is 37.7 Å². The Labute approximate surface area is 193 Å². The summed E-state index contributed by atoms with van der Waals surface area (Å²) in [6.45, 7) is 0.540. The summed E-state index contributed by atoms with van der Waals surface area (Å²) in [4.78, 5) is 13.2. The van der Waals surface area contributed by atoms with E-state index in [1.807, 2.05) is 6.07 Å². The monoisotopic (exact) mass is 472 g/mol. The average Bonchev–Trinajstić information content (AvgIpc) is 3.44. The van der Waals surface area contributed by atoms with Gasteiger partial charge in [-0.25, -0.2) is 8.42 Å². The maximum Gasteiger partial charge on any atom is 0.251 e. The molecule has 0 radical (unpaired) electrons. The highest BCUT2D eigenvalue weighted by Gasteiger charge is 2.44. The van der Waals surface area contributed by atoms with Crippen molar-refractivity contribution >= 4 is 21.6 Å². The summed E-state index contributed by atoms with van der Waals surface area (Å²) >= 11 is 0. The number of methoxy groups -OCH3 is 1. The van der Waals surface area contributed by atoms with Gasteiger partial charge in [-0.3, -0.25) is 4.79 Å². The predicted molar refractivity (Wildman–Crippen MR) is 122 cm³/mol. The summed E-state index contributed by atoms with van der Waals surface area (Å²) in [7, 11) is -2.15. The molecule has 5 rings (SSSR count). The molecule has 2 heterocycles. The molecular formula is C24H28N2O6S. The fourth-order valence-electron chi connectivity index (χ4n) is 4.81. The Morgan fingerprint density at radius 3 is 2.52 bits per heavy atom. The van der Waals surface area contributed by atoms with E-state index in [4.69, 9.17) is 14.2 Å². The van der Waals surface area contributed by atoms with E-state index >= 15 is 0 Å². The van der Waals surface area contributed by atoms with Gasteiger partial charge >= 0.3 is 0 Å². The van der Waals surface area contributed by atoms with Gasteiger partial charge in [-0.15, -0.1) is 0 Å². The third kappa shape index (κ3) is 4.27. The lowest BCUT2D eigenvalue weighted by atomic mass is 9.98. The third-order valence-electron chi connectivity index (χ3n) is 6.62. The van der Waals surface area contributed by atoms with Gasteiger partial charge in [0.05, 0.1) is 17.9 Å². The maximum atomic E-state index is 13.1. The second-order valence-corrected chi connectivity index (χ2v) is 10.8. The Balaban J connectivity index is 1.25. The summed E-state index contributed by atoms with van der Waals surface area (Å²) < 4.78 is 44.8. The number of hydrogen-bond acceptors (Lipinski definition) is 6. The number of carbonyl (C=O) groups is 1. The highest BCUT2D eigenvalue weighted by Crippen LogP contribution is 2.47. The first-order valence-corrected chi connectivity index (χ1v) is 12.8. The normalized spacial score (nSPS) is 21.8. The van der Waals surface area contributed by atoms with Crippen molar-refractivity contribution in [3.8, 4) is 17.2 Å². The molecule has 9 heteroatoms. The van der Waals surface area contributed by atoms with Crippen LogP contribution >= 0.6 is 0 Å². The van der Waals surface area contributed by atoms with Crippen LogP contribution in [-0.2, 0) is 14.8 Å². The lowest BCUT2D eigenvalue weighted by Gasteiger charge is -2.31. The molecule has 0 aromatic heterocycles. The molecule has 8 nitrogen and oxygen atoms in total.